The lowest BCUT2D eigenvalue weighted by molar-refractivity contribution is -0.118. The monoisotopic (exact) mass is 403 g/mol. The maximum absolute atomic E-state index is 12.1. The maximum Gasteiger partial charge on any atom is 0.262 e. The summed E-state index contributed by atoms with van der Waals surface area (Å²) in [6, 6.07) is 10.8. The van der Waals surface area contributed by atoms with Crippen molar-refractivity contribution in [3.05, 3.63) is 57.6 Å². The van der Waals surface area contributed by atoms with Crippen molar-refractivity contribution in [2.24, 2.45) is 0 Å². The third-order valence-corrected chi connectivity index (χ3v) is 4.70. The summed E-state index contributed by atoms with van der Waals surface area (Å²) in [4.78, 5) is 23.4. The molecule has 0 heterocycles. The molecule has 0 radical (unpaired) electrons. The number of hydrogen-bond acceptors (Lipinski definition) is 3. The van der Waals surface area contributed by atoms with Gasteiger partial charge in [0.25, 0.3) is 5.91 Å². The zero-order chi connectivity index (χ0) is 18.6. The Bertz CT molecular complexity index is 782. The first kappa shape index (κ1) is 19.2. The molecule has 1 amide bonds. The van der Waals surface area contributed by atoms with Crippen molar-refractivity contribution >= 4 is 33.3 Å². The molecular formula is C20H22BrNO3. The van der Waals surface area contributed by atoms with Gasteiger partial charge in [0.1, 0.15) is 5.75 Å². The van der Waals surface area contributed by atoms with Crippen LogP contribution >= 0.6 is 15.9 Å². The maximum atomic E-state index is 12.1. The van der Waals surface area contributed by atoms with E-state index < -0.39 is 0 Å². The van der Waals surface area contributed by atoms with Crippen LogP contribution in [-0.4, -0.2) is 18.3 Å². The van der Waals surface area contributed by atoms with E-state index in [-0.39, 0.29) is 24.2 Å². The first-order valence-electron chi connectivity index (χ1n) is 8.11. The van der Waals surface area contributed by atoms with Crippen molar-refractivity contribution in [2.45, 2.75) is 33.6 Å². The van der Waals surface area contributed by atoms with Crippen LogP contribution < -0.4 is 10.1 Å². The average molecular weight is 404 g/mol. The molecule has 2 aromatic rings. The number of rotatable bonds is 6. The van der Waals surface area contributed by atoms with E-state index in [4.69, 9.17) is 4.74 Å². The third kappa shape index (κ3) is 5.16. The Kier molecular flexibility index (Phi) is 6.37. The van der Waals surface area contributed by atoms with Gasteiger partial charge < -0.3 is 10.1 Å². The average Bonchev–Trinajstić information content (AvgIpc) is 2.55. The molecule has 0 bridgehead atoms. The highest BCUT2D eigenvalue weighted by Gasteiger charge is 2.13. The summed E-state index contributed by atoms with van der Waals surface area (Å²) in [6.07, 6.45) is 0. The SMILES string of the molecule is CC(=O)c1ccc(NC(=O)COc2cc(C)c(Br)cc2C(C)C)cc1. The first-order valence-corrected chi connectivity index (χ1v) is 8.91. The lowest BCUT2D eigenvalue weighted by Crippen LogP contribution is -2.20. The van der Waals surface area contributed by atoms with E-state index >= 15 is 0 Å². The van der Waals surface area contributed by atoms with Crippen LogP contribution in [0.4, 0.5) is 5.69 Å². The minimum Gasteiger partial charge on any atom is -0.483 e. The molecule has 0 saturated heterocycles. The number of nitrogens with one attached hydrogen (secondary N) is 1. The van der Waals surface area contributed by atoms with Gasteiger partial charge in [-0.1, -0.05) is 29.8 Å². The van der Waals surface area contributed by atoms with Gasteiger partial charge in [-0.15, -0.1) is 0 Å². The fourth-order valence-electron chi connectivity index (χ4n) is 2.38. The summed E-state index contributed by atoms with van der Waals surface area (Å²) >= 11 is 3.53. The van der Waals surface area contributed by atoms with Crippen LogP contribution in [0.5, 0.6) is 5.75 Å². The second kappa shape index (κ2) is 8.30. The van der Waals surface area contributed by atoms with Gasteiger partial charge in [-0.25, -0.2) is 0 Å². The van der Waals surface area contributed by atoms with E-state index in [1.807, 2.05) is 19.1 Å². The van der Waals surface area contributed by atoms with Crippen molar-refractivity contribution < 1.29 is 14.3 Å². The van der Waals surface area contributed by atoms with Crippen LogP contribution in [0.25, 0.3) is 0 Å². The normalized spacial score (nSPS) is 10.6. The molecule has 4 nitrogen and oxygen atoms in total. The summed E-state index contributed by atoms with van der Waals surface area (Å²) in [7, 11) is 0. The molecule has 0 spiro atoms. The Labute approximate surface area is 156 Å². The summed E-state index contributed by atoms with van der Waals surface area (Å²) in [5.41, 5.74) is 3.35. The van der Waals surface area contributed by atoms with Crippen LogP contribution in [0.3, 0.4) is 0 Å². The molecule has 0 saturated carbocycles. The topological polar surface area (TPSA) is 55.4 Å². The summed E-state index contributed by atoms with van der Waals surface area (Å²) in [6.45, 7) is 7.59. The van der Waals surface area contributed by atoms with Crippen molar-refractivity contribution in [3.63, 3.8) is 0 Å². The summed E-state index contributed by atoms with van der Waals surface area (Å²) < 4.78 is 6.77. The molecule has 2 rings (SSSR count). The highest BCUT2D eigenvalue weighted by Crippen LogP contribution is 2.32. The van der Waals surface area contributed by atoms with Gasteiger partial charge in [-0.3, -0.25) is 9.59 Å². The minimum atomic E-state index is -0.245. The van der Waals surface area contributed by atoms with Crippen LogP contribution in [-0.2, 0) is 4.79 Å². The fraction of sp³-hybridized carbons (Fsp3) is 0.300. The van der Waals surface area contributed by atoms with E-state index in [0.29, 0.717) is 11.3 Å². The van der Waals surface area contributed by atoms with Crippen molar-refractivity contribution in [2.75, 3.05) is 11.9 Å². The zero-order valence-corrected chi connectivity index (χ0v) is 16.4. The van der Waals surface area contributed by atoms with Crippen LogP contribution in [0, 0.1) is 6.92 Å². The van der Waals surface area contributed by atoms with Gasteiger partial charge in [-0.05, 0) is 67.3 Å². The molecule has 132 valence electrons. The van der Waals surface area contributed by atoms with E-state index in [9.17, 15) is 9.59 Å². The number of carbonyl (C=O) groups is 2. The number of ketones is 1. The Morgan fingerprint density at radius 3 is 2.36 bits per heavy atom. The zero-order valence-electron chi connectivity index (χ0n) is 14.9. The van der Waals surface area contributed by atoms with E-state index in [1.54, 1.807) is 24.3 Å². The Hall–Kier alpha value is -2.14. The van der Waals surface area contributed by atoms with Crippen molar-refractivity contribution in [1.82, 2.24) is 0 Å². The highest BCUT2D eigenvalue weighted by molar-refractivity contribution is 9.10. The molecular weight excluding hydrogens is 382 g/mol. The minimum absolute atomic E-state index is 0.00645. The van der Waals surface area contributed by atoms with Gasteiger partial charge in [0.2, 0.25) is 0 Å². The Morgan fingerprint density at radius 2 is 1.80 bits per heavy atom. The number of hydrogen-bond donors (Lipinski definition) is 1. The van der Waals surface area contributed by atoms with Crippen molar-refractivity contribution in [3.8, 4) is 5.75 Å². The number of anilines is 1. The molecule has 1 N–H and O–H groups in total. The molecule has 0 unspecified atom stereocenters. The first-order chi connectivity index (χ1) is 11.8. The predicted octanol–water partition coefficient (Wildman–Crippen LogP) is 5.10. The smallest absolute Gasteiger partial charge is 0.262 e. The van der Waals surface area contributed by atoms with Gasteiger partial charge in [-0.2, -0.15) is 0 Å². The van der Waals surface area contributed by atoms with Gasteiger partial charge in [0.05, 0.1) is 0 Å². The predicted molar refractivity (Wildman–Crippen MR) is 104 cm³/mol. The number of carbonyl (C=O) groups excluding carboxylic acids is 2. The number of halogens is 1. The van der Waals surface area contributed by atoms with Crippen molar-refractivity contribution in [1.29, 1.82) is 0 Å². The van der Waals surface area contributed by atoms with E-state index in [0.717, 1.165) is 21.3 Å². The fourth-order valence-corrected chi connectivity index (χ4v) is 2.74. The lowest BCUT2D eigenvalue weighted by Gasteiger charge is -2.16. The van der Waals surface area contributed by atoms with Crippen LogP contribution in [0.1, 0.15) is 48.2 Å². The molecule has 5 heteroatoms. The second-order valence-corrected chi connectivity index (χ2v) is 7.12. The molecule has 25 heavy (non-hydrogen) atoms. The Morgan fingerprint density at radius 1 is 1.16 bits per heavy atom. The van der Waals surface area contributed by atoms with Gasteiger partial charge in [0.15, 0.2) is 12.4 Å². The molecule has 0 atom stereocenters. The summed E-state index contributed by atoms with van der Waals surface area (Å²) in [5.74, 6) is 0.755. The van der Waals surface area contributed by atoms with Gasteiger partial charge >= 0.3 is 0 Å². The largest absolute Gasteiger partial charge is 0.483 e. The molecule has 2 aromatic carbocycles. The number of ether oxygens (including phenoxy) is 1. The number of amides is 1. The summed E-state index contributed by atoms with van der Waals surface area (Å²) in [5, 5.41) is 2.77. The van der Waals surface area contributed by atoms with Crippen LogP contribution in [0.15, 0.2) is 40.9 Å². The number of benzene rings is 2. The standard InChI is InChI=1S/C20H22BrNO3/c1-12(2)17-10-18(21)13(3)9-19(17)25-11-20(24)22-16-7-5-15(6-8-16)14(4)23/h5-10,12H,11H2,1-4H3,(H,22,24). The number of Topliss-reactive ketones (excluding diaryl/α,β-unsaturated/α-hetero) is 1. The van der Waals surface area contributed by atoms with E-state index in [1.165, 1.54) is 6.92 Å². The molecule has 0 fully saturated rings. The van der Waals surface area contributed by atoms with Crippen LogP contribution in [0.2, 0.25) is 0 Å². The molecule has 0 aliphatic heterocycles. The second-order valence-electron chi connectivity index (χ2n) is 6.26. The molecule has 0 aliphatic carbocycles. The third-order valence-electron chi connectivity index (χ3n) is 3.85. The quantitative estimate of drug-likeness (QED) is 0.682. The van der Waals surface area contributed by atoms with Gasteiger partial charge in [0, 0.05) is 15.7 Å². The molecule has 0 aliphatic rings. The number of aryl methyl sites for hydroxylation is 1. The lowest BCUT2D eigenvalue weighted by atomic mass is 10.0. The Balaban J connectivity index is 2.02. The van der Waals surface area contributed by atoms with E-state index in [2.05, 4.69) is 35.1 Å². The highest BCUT2D eigenvalue weighted by atomic mass is 79.9. The molecule has 0 aromatic heterocycles.